The maximum absolute atomic E-state index is 6.02. The molecule has 0 aromatic carbocycles. The molecule has 0 aliphatic heterocycles. The highest BCUT2D eigenvalue weighted by molar-refractivity contribution is 5.21. The molecular weight excluding hydrogens is 98.1 g/mol. The summed E-state index contributed by atoms with van der Waals surface area (Å²) in [5.41, 5.74) is 6.37. The minimum atomic E-state index is 0.347. The lowest BCUT2D eigenvalue weighted by atomic mass is 10.0. The van der Waals surface area contributed by atoms with Crippen molar-refractivity contribution in [3.8, 4) is 0 Å². The fourth-order valence-corrected chi connectivity index (χ4v) is 3.09. The van der Waals surface area contributed by atoms with Crippen LogP contribution in [0.15, 0.2) is 0 Å². The third-order valence-corrected chi connectivity index (χ3v) is 3.44. The molecule has 4 rings (SSSR count). The average molecular weight is 109 g/mol. The van der Waals surface area contributed by atoms with Crippen molar-refractivity contribution in [1.82, 2.24) is 0 Å². The van der Waals surface area contributed by atoms with Gasteiger partial charge in [0.2, 0.25) is 0 Å². The van der Waals surface area contributed by atoms with Crippen molar-refractivity contribution >= 4 is 0 Å². The van der Waals surface area contributed by atoms with Crippen LogP contribution >= 0.6 is 0 Å². The summed E-state index contributed by atoms with van der Waals surface area (Å²) in [6.45, 7) is 0. The average Bonchev–Trinajstić information content (AvgIpc) is 2.22. The molecule has 4 fully saturated rings. The van der Waals surface area contributed by atoms with Crippen LogP contribution in [0, 0.1) is 17.8 Å². The molecule has 0 atom stereocenters. The summed E-state index contributed by atoms with van der Waals surface area (Å²) in [5.74, 6) is 3.29. The van der Waals surface area contributed by atoms with Crippen LogP contribution in [-0.4, -0.2) is 5.54 Å². The molecule has 44 valence electrons. The molecule has 0 unspecified atom stereocenters. The van der Waals surface area contributed by atoms with Crippen molar-refractivity contribution in [2.24, 2.45) is 23.5 Å². The molecule has 8 heavy (non-hydrogen) atoms. The van der Waals surface area contributed by atoms with Crippen LogP contribution in [-0.2, 0) is 0 Å². The topological polar surface area (TPSA) is 26.0 Å². The lowest BCUT2D eigenvalue weighted by Crippen LogP contribution is -2.32. The van der Waals surface area contributed by atoms with Crippen molar-refractivity contribution in [3.05, 3.63) is 0 Å². The Hall–Kier alpha value is -0.0400. The summed E-state index contributed by atoms with van der Waals surface area (Å²) >= 11 is 0. The van der Waals surface area contributed by atoms with E-state index in [0.29, 0.717) is 5.54 Å². The first kappa shape index (κ1) is 3.89. The molecule has 0 spiro atoms. The van der Waals surface area contributed by atoms with E-state index in [1.165, 1.54) is 19.3 Å². The molecule has 0 aromatic heterocycles. The molecule has 0 heterocycles. The van der Waals surface area contributed by atoms with Crippen LogP contribution in [0.25, 0.3) is 0 Å². The SMILES string of the molecule is NC12CC3C(C1)C3C2. The minimum Gasteiger partial charge on any atom is -0.325 e. The lowest BCUT2D eigenvalue weighted by molar-refractivity contribution is 0.479. The van der Waals surface area contributed by atoms with E-state index in [2.05, 4.69) is 0 Å². The zero-order chi connectivity index (χ0) is 5.35. The number of nitrogens with two attached hydrogens (primary N) is 1. The second-order valence-electron chi connectivity index (χ2n) is 3.97. The van der Waals surface area contributed by atoms with E-state index in [0.717, 1.165) is 17.8 Å². The van der Waals surface area contributed by atoms with Crippen LogP contribution in [0.5, 0.6) is 0 Å². The van der Waals surface area contributed by atoms with Gasteiger partial charge in [-0.15, -0.1) is 0 Å². The summed E-state index contributed by atoms with van der Waals surface area (Å²) in [6, 6.07) is 0. The van der Waals surface area contributed by atoms with Crippen LogP contribution < -0.4 is 5.73 Å². The van der Waals surface area contributed by atoms with Crippen molar-refractivity contribution in [2.75, 3.05) is 0 Å². The van der Waals surface area contributed by atoms with Crippen LogP contribution in [0.1, 0.15) is 19.3 Å². The second-order valence-corrected chi connectivity index (χ2v) is 3.97. The van der Waals surface area contributed by atoms with E-state index in [4.69, 9.17) is 5.73 Å². The van der Waals surface area contributed by atoms with Gasteiger partial charge >= 0.3 is 0 Å². The standard InChI is InChI=1S/C7H11N/c8-7-1-4-5(2-7)6(4)3-7/h4-6H,1-3,8H2. The largest absolute Gasteiger partial charge is 0.325 e. The molecule has 4 bridgehead atoms. The van der Waals surface area contributed by atoms with Gasteiger partial charge in [-0.3, -0.25) is 0 Å². The van der Waals surface area contributed by atoms with Gasteiger partial charge in [0, 0.05) is 5.54 Å². The summed E-state index contributed by atoms with van der Waals surface area (Å²) in [6.07, 6.45) is 4.09. The van der Waals surface area contributed by atoms with Gasteiger partial charge in [0.1, 0.15) is 0 Å². The highest BCUT2D eigenvalue weighted by atomic mass is 14.9. The molecule has 0 saturated heterocycles. The summed E-state index contributed by atoms with van der Waals surface area (Å²) in [5, 5.41) is 0. The number of hydrogen-bond donors (Lipinski definition) is 1. The van der Waals surface area contributed by atoms with Gasteiger partial charge in [-0.1, -0.05) is 0 Å². The van der Waals surface area contributed by atoms with Crippen LogP contribution in [0.4, 0.5) is 0 Å². The predicted octanol–water partition coefficient (Wildman–Crippen LogP) is 0.744. The molecular formula is C7H11N. The zero-order valence-corrected chi connectivity index (χ0v) is 4.93. The molecule has 4 aliphatic rings. The molecule has 4 saturated carbocycles. The van der Waals surface area contributed by atoms with Gasteiger partial charge in [0.15, 0.2) is 0 Å². The third-order valence-electron chi connectivity index (χ3n) is 3.44. The molecule has 2 N–H and O–H groups in total. The maximum Gasteiger partial charge on any atom is 0.0162 e. The van der Waals surface area contributed by atoms with Gasteiger partial charge in [-0.25, -0.2) is 0 Å². The van der Waals surface area contributed by atoms with Crippen molar-refractivity contribution in [3.63, 3.8) is 0 Å². The van der Waals surface area contributed by atoms with Gasteiger partial charge in [0.05, 0.1) is 0 Å². The normalized spacial score (nSPS) is 73.9. The van der Waals surface area contributed by atoms with Crippen LogP contribution in [0.3, 0.4) is 0 Å². The molecule has 1 heteroatoms. The molecule has 4 aliphatic carbocycles. The fraction of sp³-hybridized carbons (Fsp3) is 1.00. The van der Waals surface area contributed by atoms with E-state index >= 15 is 0 Å². The van der Waals surface area contributed by atoms with Gasteiger partial charge in [0.25, 0.3) is 0 Å². The van der Waals surface area contributed by atoms with Crippen molar-refractivity contribution in [1.29, 1.82) is 0 Å². The Morgan fingerprint density at radius 2 is 1.38 bits per heavy atom. The van der Waals surface area contributed by atoms with Gasteiger partial charge in [-0.05, 0) is 37.0 Å². The molecule has 0 amide bonds. The Kier molecular flexibility index (Phi) is 0.372. The fourth-order valence-electron chi connectivity index (χ4n) is 3.09. The molecule has 1 nitrogen and oxygen atoms in total. The maximum atomic E-state index is 6.02. The molecule has 0 radical (unpaired) electrons. The van der Waals surface area contributed by atoms with Crippen molar-refractivity contribution in [2.45, 2.75) is 24.8 Å². The van der Waals surface area contributed by atoms with E-state index in [-0.39, 0.29) is 0 Å². The monoisotopic (exact) mass is 109 g/mol. The molecule has 0 aromatic rings. The smallest absolute Gasteiger partial charge is 0.0162 e. The Bertz CT molecular complexity index is 120. The van der Waals surface area contributed by atoms with E-state index in [1.54, 1.807) is 0 Å². The van der Waals surface area contributed by atoms with E-state index in [9.17, 15) is 0 Å². The minimum absolute atomic E-state index is 0.347. The second kappa shape index (κ2) is 0.766. The Morgan fingerprint density at radius 1 is 1.00 bits per heavy atom. The quantitative estimate of drug-likeness (QED) is 0.488. The van der Waals surface area contributed by atoms with E-state index in [1.807, 2.05) is 0 Å². The van der Waals surface area contributed by atoms with E-state index < -0.39 is 0 Å². The first-order valence-corrected chi connectivity index (χ1v) is 3.57. The number of rotatable bonds is 0. The summed E-state index contributed by atoms with van der Waals surface area (Å²) in [4.78, 5) is 0. The van der Waals surface area contributed by atoms with Crippen LogP contribution in [0.2, 0.25) is 0 Å². The summed E-state index contributed by atoms with van der Waals surface area (Å²) in [7, 11) is 0. The first-order valence-electron chi connectivity index (χ1n) is 3.57. The number of hydrogen-bond acceptors (Lipinski definition) is 1. The summed E-state index contributed by atoms with van der Waals surface area (Å²) < 4.78 is 0. The predicted molar refractivity (Wildman–Crippen MR) is 31.2 cm³/mol. The van der Waals surface area contributed by atoms with Gasteiger partial charge < -0.3 is 5.73 Å². The highest BCUT2D eigenvalue weighted by Crippen LogP contribution is 2.71. The Morgan fingerprint density at radius 3 is 1.50 bits per heavy atom. The Labute approximate surface area is 49.3 Å². The van der Waals surface area contributed by atoms with Gasteiger partial charge in [-0.2, -0.15) is 0 Å². The Balaban J connectivity index is 2.13. The third kappa shape index (κ3) is 0.235. The lowest BCUT2D eigenvalue weighted by Gasteiger charge is -2.14. The van der Waals surface area contributed by atoms with Crippen molar-refractivity contribution < 1.29 is 0 Å². The zero-order valence-electron chi connectivity index (χ0n) is 4.93. The first-order chi connectivity index (χ1) is 3.79. The highest BCUT2D eigenvalue weighted by Gasteiger charge is 2.68.